The van der Waals surface area contributed by atoms with Crippen LogP contribution in [-0.2, 0) is 11.3 Å². The second-order valence-corrected chi connectivity index (χ2v) is 6.29. The lowest BCUT2D eigenvalue weighted by atomic mass is 9.85. The minimum Gasteiger partial charge on any atom is -0.377 e. The number of hydrogen-bond acceptors (Lipinski definition) is 4. The summed E-state index contributed by atoms with van der Waals surface area (Å²) in [6, 6.07) is 1.85. The van der Waals surface area contributed by atoms with Gasteiger partial charge in [0, 0.05) is 26.3 Å². The van der Waals surface area contributed by atoms with E-state index in [0.29, 0.717) is 23.0 Å². The quantitative estimate of drug-likeness (QED) is 0.798. The zero-order chi connectivity index (χ0) is 13.9. The lowest BCUT2D eigenvalue weighted by Crippen LogP contribution is -2.26. The van der Waals surface area contributed by atoms with Gasteiger partial charge >= 0.3 is 0 Å². The van der Waals surface area contributed by atoms with Crippen LogP contribution in [0.25, 0.3) is 0 Å². The molecule has 0 aliphatic carbocycles. The molecule has 19 heavy (non-hydrogen) atoms. The summed E-state index contributed by atoms with van der Waals surface area (Å²) >= 11 is 6.07. The largest absolute Gasteiger partial charge is 0.377 e. The van der Waals surface area contributed by atoms with Gasteiger partial charge in [0.15, 0.2) is 5.82 Å². The predicted molar refractivity (Wildman–Crippen MR) is 77.6 cm³/mol. The Bertz CT molecular complexity index is 437. The minimum atomic E-state index is 0.396. The van der Waals surface area contributed by atoms with Crippen LogP contribution < -0.4 is 4.90 Å². The normalized spacial score (nSPS) is 19.3. The molecule has 2 heterocycles. The highest BCUT2D eigenvalue weighted by molar-refractivity contribution is 6.29. The van der Waals surface area contributed by atoms with Gasteiger partial charge in [0.05, 0.1) is 0 Å². The van der Waals surface area contributed by atoms with Crippen molar-refractivity contribution in [1.29, 1.82) is 0 Å². The molecule has 0 N–H and O–H groups in total. The van der Waals surface area contributed by atoms with Crippen LogP contribution in [0.4, 0.5) is 5.82 Å². The third kappa shape index (κ3) is 4.05. The molecule has 4 nitrogen and oxygen atoms in total. The van der Waals surface area contributed by atoms with Gasteiger partial charge in [-0.05, 0) is 24.7 Å². The first-order valence-corrected chi connectivity index (χ1v) is 7.15. The summed E-state index contributed by atoms with van der Waals surface area (Å²) in [5, 5.41) is 0.487. The molecule has 1 aliphatic heterocycles. The summed E-state index contributed by atoms with van der Waals surface area (Å²) < 4.78 is 5.08. The summed E-state index contributed by atoms with van der Waals surface area (Å²) in [4.78, 5) is 11.0. The molecule has 106 valence electrons. The average molecular weight is 284 g/mol. The third-order valence-electron chi connectivity index (χ3n) is 3.67. The van der Waals surface area contributed by atoms with E-state index < -0.39 is 0 Å². The van der Waals surface area contributed by atoms with Crippen molar-refractivity contribution >= 4 is 17.4 Å². The Kier molecular flexibility index (Phi) is 4.63. The van der Waals surface area contributed by atoms with E-state index in [-0.39, 0.29) is 0 Å². The number of methoxy groups -OCH3 is 1. The van der Waals surface area contributed by atoms with E-state index in [4.69, 9.17) is 16.3 Å². The molecule has 0 radical (unpaired) electrons. The zero-order valence-corrected chi connectivity index (χ0v) is 12.7. The van der Waals surface area contributed by atoms with Crippen LogP contribution in [0.15, 0.2) is 6.07 Å². The lowest BCUT2D eigenvalue weighted by molar-refractivity contribution is 0.178. The van der Waals surface area contributed by atoms with E-state index in [0.717, 1.165) is 18.9 Å². The molecule has 5 heteroatoms. The maximum absolute atomic E-state index is 6.07. The summed E-state index contributed by atoms with van der Waals surface area (Å²) in [5.74, 6) is 1.57. The summed E-state index contributed by atoms with van der Waals surface area (Å²) in [6.07, 6.45) is 3.62. The highest BCUT2D eigenvalue weighted by atomic mass is 35.5. The summed E-state index contributed by atoms with van der Waals surface area (Å²) in [6.45, 7) is 7.11. The Morgan fingerprint density at radius 1 is 1.32 bits per heavy atom. The molecular formula is C14H22ClN3O. The van der Waals surface area contributed by atoms with Crippen molar-refractivity contribution in [1.82, 2.24) is 9.97 Å². The van der Waals surface area contributed by atoms with Crippen molar-refractivity contribution in [2.45, 2.75) is 39.7 Å². The first-order chi connectivity index (χ1) is 9.00. The van der Waals surface area contributed by atoms with Crippen LogP contribution in [0.1, 0.15) is 38.9 Å². The lowest BCUT2D eigenvalue weighted by Gasteiger charge is -2.24. The van der Waals surface area contributed by atoms with Crippen LogP contribution >= 0.6 is 11.6 Å². The van der Waals surface area contributed by atoms with Gasteiger partial charge in [-0.2, -0.15) is 0 Å². The number of hydrogen-bond donors (Lipinski definition) is 0. The molecule has 0 unspecified atom stereocenters. The van der Waals surface area contributed by atoms with Crippen molar-refractivity contribution in [2.75, 3.05) is 25.1 Å². The summed E-state index contributed by atoms with van der Waals surface area (Å²) in [5.41, 5.74) is 0.418. The van der Waals surface area contributed by atoms with E-state index >= 15 is 0 Å². The SMILES string of the molecule is COCc1nc(Cl)cc(N2CCCC(C)(C)CC2)n1. The van der Waals surface area contributed by atoms with E-state index in [1.54, 1.807) is 7.11 Å². The molecule has 0 amide bonds. The average Bonchev–Trinajstić information content (AvgIpc) is 2.50. The number of ether oxygens (including phenoxy) is 1. The van der Waals surface area contributed by atoms with E-state index in [1.165, 1.54) is 19.3 Å². The number of halogens is 1. The van der Waals surface area contributed by atoms with Gasteiger partial charge in [-0.15, -0.1) is 0 Å². The monoisotopic (exact) mass is 283 g/mol. The molecule has 2 rings (SSSR count). The molecule has 0 saturated carbocycles. The number of nitrogens with zero attached hydrogens (tertiary/aromatic N) is 3. The third-order valence-corrected chi connectivity index (χ3v) is 3.86. The van der Waals surface area contributed by atoms with Crippen LogP contribution in [0.2, 0.25) is 5.15 Å². The van der Waals surface area contributed by atoms with E-state index in [1.807, 2.05) is 6.07 Å². The van der Waals surface area contributed by atoms with Crippen molar-refractivity contribution in [3.05, 3.63) is 17.0 Å². The molecule has 1 aliphatic rings. The fourth-order valence-corrected chi connectivity index (χ4v) is 2.65. The second kappa shape index (κ2) is 6.06. The maximum Gasteiger partial charge on any atom is 0.158 e. The number of rotatable bonds is 3. The Morgan fingerprint density at radius 2 is 2.11 bits per heavy atom. The van der Waals surface area contributed by atoms with Gasteiger partial charge in [0.25, 0.3) is 0 Å². The van der Waals surface area contributed by atoms with E-state index in [9.17, 15) is 0 Å². The molecular weight excluding hydrogens is 262 g/mol. The Morgan fingerprint density at radius 3 is 2.84 bits per heavy atom. The van der Waals surface area contributed by atoms with Gasteiger partial charge < -0.3 is 9.64 Å². The maximum atomic E-state index is 6.07. The molecule has 0 spiro atoms. The fourth-order valence-electron chi connectivity index (χ4n) is 2.46. The van der Waals surface area contributed by atoms with Gasteiger partial charge in [-0.1, -0.05) is 25.4 Å². The van der Waals surface area contributed by atoms with E-state index in [2.05, 4.69) is 28.7 Å². The van der Waals surface area contributed by atoms with Crippen molar-refractivity contribution in [2.24, 2.45) is 5.41 Å². The smallest absolute Gasteiger partial charge is 0.158 e. The molecule has 0 bridgehead atoms. The van der Waals surface area contributed by atoms with Gasteiger partial charge in [0.2, 0.25) is 0 Å². The Balaban J connectivity index is 2.16. The molecule has 1 aromatic rings. The van der Waals surface area contributed by atoms with Gasteiger partial charge in [0.1, 0.15) is 17.6 Å². The van der Waals surface area contributed by atoms with Gasteiger partial charge in [-0.25, -0.2) is 9.97 Å². The van der Waals surface area contributed by atoms with Gasteiger partial charge in [-0.3, -0.25) is 0 Å². The molecule has 1 saturated heterocycles. The molecule has 0 aromatic carbocycles. The highest BCUT2D eigenvalue weighted by Crippen LogP contribution is 2.31. The number of aromatic nitrogens is 2. The molecule has 1 aromatic heterocycles. The second-order valence-electron chi connectivity index (χ2n) is 5.90. The van der Waals surface area contributed by atoms with Crippen molar-refractivity contribution in [3.8, 4) is 0 Å². The number of anilines is 1. The Hall–Kier alpha value is -0.870. The Labute approximate surface area is 120 Å². The molecule has 0 atom stereocenters. The predicted octanol–water partition coefficient (Wildman–Crippen LogP) is 3.29. The summed E-state index contributed by atoms with van der Waals surface area (Å²) in [7, 11) is 1.64. The topological polar surface area (TPSA) is 38.2 Å². The standard InChI is InChI=1S/C14H22ClN3O/c1-14(2)5-4-7-18(8-6-14)13-9-11(15)16-12(17-13)10-19-3/h9H,4-8,10H2,1-3H3. The molecule has 1 fully saturated rings. The van der Waals surface area contributed by atoms with Crippen LogP contribution in [-0.4, -0.2) is 30.2 Å². The highest BCUT2D eigenvalue weighted by Gasteiger charge is 2.24. The fraction of sp³-hybridized carbons (Fsp3) is 0.714. The minimum absolute atomic E-state index is 0.396. The van der Waals surface area contributed by atoms with Crippen molar-refractivity contribution < 1.29 is 4.74 Å². The van der Waals surface area contributed by atoms with Crippen LogP contribution in [0.3, 0.4) is 0 Å². The first kappa shape index (κ1) is 14.5. The zero-order valence-electron chi connectivity index (χ0n) is 11.9. The van der Waals surface area contributed by atoms with Crippen LogP contribution in [0.5, 0.6) is 0 Å². The first-order valence-electron chi connectivity index (χ1n) is 6.77. The van der Waals surface area contributed by atoms with Crippen LogP contribution in [0, 0.1) is 5.41 Å². The van der Waals surface area contributed by atoms with Crippen molar-refractivity contribution in [3.63, 3.8) is 0 Å².